The second kappa shape index (κ2) is 7.61. The highest BCUT2D eigenvalue weighted by Gasteiger charge is 2.04. The van der Waals surface area contributed by atoms with E-state index >= 15 is 0 Å². The molecule has 0 atom stereocenters. The van der Waals surface area contributed by atoms with E-state index in [1.54, 1.807) is 0 Å². The molecule has 0 unspecified atom stereocenters. The first-order valence-electron chi connectivity index (χ1n) is 4.80. The van der Waals surface area contributed by atoms with Crippen LogP contribution in [0.4, 0.5) is 0 Å². The van der Waals surface area contributed by atoms with E-state index in [4.69, 9.17) is 9.88 Å². The number of sulfonamides is 1. The van der Waals surface area contributed by atoms with E-state index in [1.807, 2.05) is 6.92 Å². The summed E-state index contributed by atoms with van der Waals surface area (Å²) < 4.78 is 26.1. The van der Waals surface area contributed by atoms with Gasteiger partial charge in [0, 0.05) is 19.6 Å². The lowest BCUT2D eigenvalue weighted by atomic mass is 10.4. The van der Waals surface area contributed by atoms with E-state index in [0.29, 0.717) is 13.2 Å². The van der Waals surface area contributed by atoms with Crippen LogP contribution in [0.2, 0.25) is 0 Å². The number of ether oxygens (including phenoxy) is 1. The largest absolute Gasteiger partial charge is 0.381 e. The van der Waals surface area contributed by atoms with Crippen LogP contribution in [0.25, 0.3) is 0 Å². The molecule has 0 aromatic heterocycles. The lowest BCUT2D eigenvalue weighted by Gasteiger charge is -2.04. The summed E-state index contributed by atoms with van der Waals surface area (Å²) in [4.78, 5) is 11.1. The Morgan fingerprint density at radius 2 is 2.07 bits per heavy atom. The van der Waals surface area contributed by atoms with Crippen LogP contribution in [-0.4, -0.2) is 39.8 Å². The van der Waals surface area contributed by atoms with Crippen molar-refractivity contribution in [3.63, 3.8) is 0 Å². The van der Waals surface area contributed by atoms with Gasteiger partial charge < -0.3 is 10.1 Å². The third-order valence-electron chi connectivity index (χ3n) is 1.53. The van der Waals surface area contributed by atoms with E-state index < -0.39 is 10.0 Å². The summed E-state index contributed by atoms with van der Waals surface area (Å²) in [6, 6.07) is 0. The van der Waals surface area contributed by atoms with Crippen LogP contribution in [0, 0.1) is 0 Å². The van der Waals surface area contributed by atoms with Crippen molar-refractivity contribution in [1.29, 1.82) is 0 Å². The predicted molar refractivity (Wildman–Crippen MR) is 56.7 cm³/mol. The van der Waals surface area contributed by atoms with Crippen molar-refractivity contribution in [3.8, 4) is 0 Å². The van der Waals surface area contributed by atoms with Crippen molar-refractivity contribution in [2.24, 2.45) is 5.14 Å². The maximum Gasteiger partial charge on any atom is 0.222 e. The SMILES string of the molecule is CCCOCCC(=O)NCCS(N)(=O)=O. The van der Waals surface area contributed by atoms with E-state index in [9.17, 15) is 13.2 Å². The summed E-state index contributed by atoms with van der Waals surface area (Å²) in [5.74, 6) is -0.469. The summed E-state index contributed by atoms with van der Waals surface area (Å²) in [6.45, 7) is 3.01. The minimum atomic E-state index is -3.49. The molecule has 1 amide bonds. The van der Waals surface area contributed by atoms with Gasteiger partial charge in [0.1, 0.15) is 0 Å². The molecule has 0 aromatic rings. The molecule has 0 aromatic carbocycles. The van der Waals surface area contributed by atoms with Gasteiger partial charge in [-0.1, -0.05) is 6.92 Å². The molecule has 0 heterocycles. The Kier molecular flexibility index (Phi) is 7.27. The average molecular weight is 238 g/mol. The Labute approximate surface area is 90.2 Å². The Bertz CT molecular complexity index is 276. The predicted octanol–water partition coefficient (Wildman–Crippen LogP) is -0.792. The molecule has 0 aliphatic rings. The number of hydrogen-bond donors (Lipinski definition) is 2. The van der Waals surface area contributed by atoms with Crippen molar-refractivity contribution in [2.45, 2.75) is 19.8 Å². The summed E-state index contributed by atoms with van der Waals surface area (Å²) in [5.41, 5.74) is 0. The van der Waals surface area contributed by atoms with Gasteiger partial charge in [0.2, 0.25) is 15.9 Å². The Balaban J connectivity index is 3.42. The third kappa shape index (κ3) is 11.3. The molecule has 90 valence electrons. The van der Waals surface area contributed by atoms with Crippen molar-refractivity contribution in [2.75, 3.05) is 25.5 Å². The number of amides is 1. The molecular weight excluding hydrogens is 220 g/mol. The zero-order chi connectivity index (χ0) is 11.7. The molecule has 3 N–H and O–H groups in total. The summed E-state index contributed by atoms with van der Waals surface area (Å²) in [7, 11) is -3.49. The molecule has 15 heavy (non-hydrogen) atoms. The molecule has 0 aliphatic carbocycles. The fourth-order valence-corrected chi connectivity index (χ4v) is 1.22. The number of primary sulfonamides is 1. The van der Waals surface area contributed by atoms with Crippen LogP contribution in [0.1, 0.15) is 19.8 Å². The minimum absolute atomic E-state index is 0.0471. The highest BCUT2D eigenvalue weighted by atomic mass is 32.2. The molecule has 0 fully saturated rings. The molecule has 0 radical (unpaired) electrons. The average Bonchev–Trinajstić information content (AvgIpc) is 2.10. The van der Waals surface area contributed by atoms with Gasteiger partial charge in [-0.25, -0.2) is 13.6 Å². The first-order valence-corrected chi connectivity index (χ1v) is 6.52. The number of carbonyl (C=O) groups excluding carboxylic acids is 1. The number of carbonyl (C=O) groups is 1. The van der Waals surface area contributed by atoms with E-state index in [1.165, 1.54) is 0 Å². The quantitative estimate of drug-likeness (QED) is 0.541. The van der Waals surface area contributed by atoms with Crippen LogP contribution < -0.4 is 10.5 Å². The van der Waals surface area contributed by atoms with Gasteiger partial charge in [-0.3, -0.25) is 4.79 Å². The number of hydrogen-bond acceptors (Lipinski definition) is 4. The molecular formula is C8H18N2O4S. The second-order valence-corrected chi connectivity index (χ2v) is 4.81. The Morgan fingerprint density at radius 3 is 2.60 bits per heavy atom. The second-order valence-electron chi connectivity index (χ2n) is 3.08. The van der Waals surface area contributed by atoms with Crippen LogP contribution in [-0.2, 0) is 19.6 Å². The monoisotopic (exact) mass is 238 g/mol. The minimum Gasteiger partial charge on any atom is -0.381 e. The van der Waals surface area contributed by atoms with Crippen molar-refractivity contribution < 1.29 is 17.9 Å². The van der Waals surface area contributed by atoms with Crippen molar-refractivity contribution >= 4 is 15.9 Å². The van der Waals surface area contributed by atoms with Gasteiger partial charge in [0.15, 0.2) is 0 Å². The van der Waals surface area contributed by atoms with Crippen molar-refractivity contribution in [3.05, 3.63) is 0 Å². The lowest BCUT2D eigenvalue weighted by Crippen LogP contribution is -2.31. The van der Waals surface area contributed by atoms with Gasteiger partial charge >= 0.3 is 0 Å². The third-order valence-corrected chi connectivity index (χ3v) is 2.30. The van der Waals surface area contributed by atoms with Crippen LogP contribution in [0.3, 0.4) is 0 Å². The molecule has 7 heteroatoms. The van der Waals surface area contributed by atoms with Crippen LogP contribution >= 0.6 is 0 Å². The molecule has 0 saturated carbocycles. The van der Waals surface area contributed by atoms with E-state index in [-0.39, 0.29) is 24.6 Å². The van der Waals surface area contributed by atoms with Crippen LogP contribution in [0.15, 0.2) is 0 Å². The number of rotatable bonds is 8. The van der Waals surface area contributed by atoms with Crippen LogP contribution in [0.5, 0.6) is 0 Å². The highest BCUT2D eigenvalue weighted by molar-refractivity contribution is 7.89. The topological polar surface area (TPSA) is 98.5 Å². The van der Waals surface area contributed by atoms with Gasteiger partial charge in [0.05, 0.1) is 12.4 Å². The summed E-state index contributed by atoms with van der Waals surface area (Å²) >= 11 is 0. The van der Waals surface area contributed by atoms with Crippen molar-refractivity contribution in [1.82, 2.24) is 5.32 Å². The van der Waals surface area contributed by atoms with Gasteiger partial charge in [-0.05, 0) is 6.42 Å². The zero-order valence-electron chi connectivity index (χ0n) is 8.86. The highest BCUT2D eigenvalue weighted by Crippen LogP contribution is 1.85. The molecule has 0 aliphatic heterocycles. The number of nitrogens with one attached hydrogen (secondary N) is 1. The Hall–Kier alpha value is -0.660. The maximum atomic E-state index is 11.1. The lowest BCUT2D eigenvalue weighted by molar-refractivity contribution is -0.122. The smallest absolute Gasteiger partial charge is 0.222 e. The molecule has 6 nitrogen and oxygen atoms in total. The van der Waals surface area contributed by atoms with Gasteiger partial charge in [0.25, 0.3) is 0 Å². The molecule has 0 rings (SSSR count). The normalized spacial score (nSPS) is 11.3. The molecule has 0 bridgehead atoms. The fraction of sp³-hybridized carbons (Fsp3) is 0.875. The van der Waals surface area contributed by atoms with E-state index in [0.717, 1.165) is 6.42 Å². The Morgan fingerprint density at radius 1 is 1.40 bits per heavy atom. The zero-order valence-corrected chi connectivity index (χ0v) is 9.68. The number of nitrogens with two attached hydrogens (primary N) is 1. The maximum absolute atomic E-state index is 11.1. The first-order chi connectivity index (χ1) is 6.95. The fourth-order valence-electron chi connectivity index (χ4n) is 0.832. The molecule has 0 saturated heterocycles. The standard InChI is InChI=1S/C8H18N2O4S/c1-2-5-14-6-3-8(11)10-4-7-15(9,12)13/h2-7H2,1H3,(H,10,11)(H2,9,12,13). The van der Waals surface area contributed by atoms with E-state index in [2.05, 4.69) is 5.32 Å². The first kappa shape index (κ1) is 14.3. The van der Waals surface area contributed by atoms with Gasteiger partial charge in [-0.15, -0.1) is 0 Å². The molecule has 0 spiro atoms. The summed E-state index contributed by atoms with van der Waals surface area (Å²) in [6.07, 6.45) is 1.15. The summed E-state index contributed by atoms with van der Waals surface area (Å²) in [5, 5.41) is 7.20. The van der Waals surface area contributed by atoms with Gasteiger partial charge in [-0.2, -0.15) is 0 Å².